The Bertz CT molecular complexity index is 640. The Labute approximate surface area is 103 Å². The fraction of sp³-hybridized carbons (Fsp3) is 0.154. The predicted octanol–water partition coefficient (Wildman–Crippen LogP) is 2.51. The number of carbonyl (C=O) groups is 1. The molecule has 0 radical (unpaired) electrons. The van der Waals surface area contributed by atoms with Crippen LogP contribution >= 0.6 is 11.3 Å². The Morgan fingerprint density at radius 3 is 3.12 bits per heavy atom. The first kappa shape index (κ1) is 10.4. The van der Waals surface area contributed by atoms with E-state index in [1.807, 2.05) is 12.3 Å². The molecule has 0 saturated heterocycles. The van der Waals surface area contributed by atoms with Crippen LogP contribution in [0.5, 0.6) is 0 Å². The molecule has 17 heavy (non-hydrogen) atoms. The molecular weight excluding hydrogens is 232 g/mol. The molecule has 0 saturated carbocycles. The van der Waals surface area contributed by atoms with Crippen LogP contribution in [0.3, 0.4) is 0 Å². The van der Waals surface area contributed by atoms with Crippen molar-refractivity contribution in [3.8, 4) is 0 Å². The van der Waals surface area contributed by atoms with Crippen molar-refractivity contribution in [2.75, 3.05) is 6.54 Å². The van der Waals surface area contributed by atoms with Crippen molar-refractivity contribution < 1.29 is 4.79 Å². The van der Waals surface area contributed by atoms with Crippen molar-refractivity contribution in [2.45, 2.75) is 6.42 Å². The van der Waals surface area contributed by atoms with E-state index in [-0.39, 0.29) is 0 Å². The minimum Gasteiger partial charge on any atom is -0.303 e. The normalized spacial score (nSPS) is 14.2. The van der Waals surface area contributed by atoms with Gasteiger partial charge in [0, 0.05) is 6.21 Å². The maximum atomic E-state index is 10.5. The van der Waals surface area contributed by atoms with Crippen LogP contribution in [0.2, 0.25) is 0 Å². The lowest BCUT2D eigenvalue weighted by molar-refractivity contribution is -0.107. The van der Waals surface area contributed by atoms with E-state index in [2.05, 4.69) is 28.2 Å². The second-order valence-corrected chi connectivity index (χ2v) is 4.93. The van der Waals surface area contributed by atoms with Gasteiger partial charge in [-0.3, -0.25) is 4.99 Å². The van der Waals surface area contributed by atoms with Gasteiger partial charge in [-0.25, -0.2) is 4.98 Å². The van der Waals surface area contributed by atoms with E-state index in [1.165, 1.54) is 5.56 Å². The van der Waals surface area contributed by atoms with E-state index in [4.69, 9.17) is 0 Å². The van der Waals surface area contributed by atoms with Crippen LogP contribution in [0.15, 0.2) is 29.3 Å². The number of benzene rings is 1. The summed E-state index contributed by atoms with van der Waals surface area (Å²) in [5.74, 6) is 0. The molecule has 0 spiro atoms. The van der Waals surface area contributed by atoms with Gasteiger partial charge in [-0.15, -0.1) is 11.3 Å². The third-order valence-electron chi connectivity index (χ3n) is 2.67. The monoisotopic (exact) mass is 242 g/mol. The van der Waals surface area contributed by atoms with Crippen molar-refractivity contribution in [3.63, 3.8) is 0 Å². The average Bonchev–Trinajstić information content (AvgIpc) is 2.96. The molecule has 3 nitrogen and oxygen atoms in total. The molecule has 84 valence electrons. The minimum absolute atomic E-state index is 0.402. The van der Waals surface area contributed by atoms with E-state index in [0.717, 1.165) is 33.6 Å². The number of carbonyl (C=O) groups excluding carboxylic acids is 1. The third-order valence-corrected chi connectivity index (χ3v) is 3.71. The summed E-state index contributed by atoms with van der Waals surface area (Å²) in [4.78, 5) is 19.1. The van der Waals surface area contributed by atoms with E-state index in [0.29, 0.717) is 6.42 Å². The van der Waals surface area contributed by atoms with Crippen LogP contribution in [0.25, 0.3) is 15.8 Å². The standard InChI is InChI=1S/C13H10N2OS/c16-6-4-13-15-11-2-1-9(7-12(11)17-13)10-3-5-14-8-10/h1-3,6-8H,4-5H2. The summed E-state index contributed by atoms with van der Waals surface area (Å²) in [7, 11) is 0. The zero-order valence-corrected chi connectivity index (χ0v) is 9.91. The number of aromatic nitrogens is 1. The van der Waals surface area contributed by atoms with Gasteiger partial charge in [-0.1, -0.05) is 12.1 Å². The molecule has 0 amide bonds. The summed E-state index contributed by atoms with van der Waals surface area (Å²) in [6.07, 6.45) is 5.30. The van der Waals surface area contributed by atoms with Gasteiger partial charge in [0.2, 0.25) is 0 Å². The molecular formula is C13H10N2OS. The highest BCUT2D eigenvalue weighted by Crippen LogP contribution is 2.26. The number of aldehydes is 1. The minimum atomic E-state index is 0.402. The van der Waals surface area contributed by atoms with Gasteiger partial charge < -0.3 is 4.79 Å². The van der Waals surface area contributed by atoms with Gasteiger partial charge in [-0.05, 0) is 23.3 Å². The Kier molecular flexibility index (Phi) is 2.57. The molecule has 0 N–H and O–H groups in total. The van der Waals surface area contributed by atoms with Crippen LogP contribution in [-0.2, 0) is 11.2 Å². The number of allylic oxidation sites excluding steroid dienone is 1. The fourth-order valence-corrected chi connectivity index (χ4v) is 2.81. The van der Waals surface area contributed by atoms with Crippen molar-refractivity contribution >= 4 is 39.6 Å². The van der Waals surface area contributed by atoms with E-state index < -0.39 is 0 Å². The summed E-state index contributed by atoms with van der Waals surface area (Å²) in [5.41, 5.74) is 3.29. The number of rotatable bonds is 3. The number of hydrogen-bond acceptors (Lipinski definition) is 4. The van der Waals surface area contributed by atoms with Crippen LogP contribution in [0, 0.1) is 0 Å². The van der Waals surface area contributed by atoms with E-state index in [9.17, 15) is 4.79 Å². The van der Waals surface area contributed by atoms with Crippen LogP contribution < -0.4 is 0 Å². The second kappa shape index (κ2) is 4.22. The van der Waals surface area contributed by atoms with Gasteiger partial charge in [0.15, 0.2) is 0 Å². The summed E-state index contributed by atoms with van der Waals surface area (Å²) >= 11 is 1.58. The second-order valence-electron chi connectivity index (χ2n) is 3.81. The first-order valence-corrected chi connectivity index (χ1v) is 6.22. The van der Waals surface area contributed by atoms with Crippen molar-refractivity contribution in [2.24, 2.45) is 4.99 Å². The van der Waals surface area contributed by atoms with E-state index in [1.54, 1.807) is 11.3 Å². The predicted molar refractivity (Wildman–Crippen MR) is 70.7 cm³/mol. The van der Waals surface area contributed by atoms with Gasteiger partial charge in [0.05, 0.1) is 23.2 Å². The topological polar surface area (TPSA) is 42.3 Å². The molecule has 0 bridgehead atoms. The zero-order chi connectivity index (χ0) is 11.7. The lowest BCUT2D eigenvalue weighted by atomic mass is 10.1. The average molecular weight is 242 g/mol. The number of nitrogens with zero attached hydrogens (tertiary/aromatic N) is 2. The van der Waals surface area contributed by atoms with Gasteiger partial charge >= 0.3 is 0 Å². The number of fused-ring (bicyclic) bond motifs is 1. The van der Waals surface area contributed by atoms with Crippen molar-refractivity contribution in [1.82, 2.24) is 4.98 Å². The summed E-state index contributed by atoms with van der Waals surface area (Å²) in [6.45, 7) is 0.770. The third kappa shape index (κ3) is 1.91. The molecule has 1 aromatic carbocycles. The van der Waals surface area contributed by atoms with Crippen molar-refractivity contribution in [1.29, 1.82) is 0 Å². The van der Waals surface area contributed by atoms with Crippen LogP contribution in [0.1, 0.15) is 10.6 Å². The number of aliphatic imine (C=N–C) groups is 1. The maximum Gasteiger partial charge on any atom is 0.126 e. The molecule has 1 aliphatic rings. The van der Waals surface area contributed by atoms with Crippen LogP contribution in [0.4, 0.5) is 0 Å². The van der Waals surface area contributed by atoms with E-state index >= 15 is 0 Å². The molecule has 0 fully saturated rings. The highest BCUT2D eigenvalue weighted by atomic mass is 32.1. The van der Waals surface area contributed by atoms with Crippen molar-refractivity contribution in [3.05, 3.63) is 34.8 Å². The molecule has 1 aliphatic heterocycles. The molecule has 0 unspecified atom stereocenters. The first-order valence-electron chi connectivity index (χ1n) is 5.40. The first-order chi connectivity index (χ1) is 8.36. The smallest absolute Gasteiger partial charge is 0.126 e. The SMILES string of the molecule is O=CCc1nc2ccc(C3=CCN=C3)cc2s1. The summed E-state index contributed by atoms with van der Waals surface area (Å²) < 4.78 is 1.13. The van der Waals surface area contributed by atoms with Gasteiger partial charge in [0.25, 0.3) is 0 Å². The van der Waals surface area contributed by atoms with Gasteiger partial charge in [0.1, 0.15) is 11.3 Å². The molecule has 4 heteroatoms. The summed E-state index contributed by atoms with van der Waals surface area (Å²) in [5, 5.41) is 0.876. The van der Waals surface area contributed by atoms with Gasteiger partial charge in [-0.2, -0.15) is 0 Å². The largest absolute Gasteiger partial charge is 0.303 e. The molecule has 3 rings (SSSR count). The highest BCUT2D eigenvalue weighted by Gasteiger charge is 2.07. The Morgan fingerprint density at radius 2 is 2.35 bits per heavy atom. The molecule has 1 aromatic heterocycles. The molecule has 2 aromatic rings. The lowest BCUT2D eigenvalue weighted by Crippen LogP contribution is -1.83. The Hall–Kier alpha value is -1.81. The Morgan fingerprint density at radius 1 is 1.41 bits per heavy atom. The lowest BCUT2D eigenvalue weighted by Gasteiger charge is -1.97. The summed E-state index contributed by atoms with van der Waals surface area (Å²) in [6, 6.07) is 6.17. The number of hydrogen-bond donors (Lipinski definition) is 0. The maximum absolute atomic E-state index is 10.5. The zero-order valence-electron chi connectivity index (χ0n) is 9.09. The fourth-order valence-electron chi connectivity index (χ4n) is 1.86. The number of thiazole rings is 1. The quantitative estimate of drug-likeness (QED) is 0.776. The molecule has 0 aliphatic carbocycles. The van der Waals surface area contributed by atoms with Crippen LogP contribution in [-0.4, -0.2) is 24.0 Å². The highest BCUT2D eigenvalue weighted by molar-refractivity contribution is 7.18. The molecule has 2 heterocycles. The Balaban J connectivity index is 2.06. The molecule has 0 atom stereocenters.